The summed E-state index contributed by atoms with van der Waals surface area (Å²) in [6.45, 7) is 2.57. The fraction of sp³-hybridized carbons (Fsp3) is 0.286. The van der Waals surface area contributed by atoms with Gasteiger partial charge in [-0.2, -0.15) is 0 Å². The molecule has 1 rings (SSSR count). The third-order valence-electron chi connectivity index (χ3n) is 0.807. The second-order valence-electron chi connectivity index (χ2n) is 2.45. The number of guanidine groups is 1. The Morgan fingerprint density at radius 1 is 1.41 bits per heavy atom. The lowest BCUT2D eigenvalue weighted by Crippen LogP contribution is -2.20. The average Bonchev–Trinajstić information content (AvgIpc) is 2.48. The van der Waals surface area contributed by atoms with E-state index in [-0.39, 0.29) is 11.7 Å². The monoisotopic (exact) mass is 300 g/mol. The van der Waals surface area contributed by atoms with E-state index in [1.165, 1.54) is 28.7 Å². The van der Waals surface area contributed by atoms with Crippen LogP contribution < -0.4 is 16.2 Å². The van der Waals surface area contributed by atoms with Crippen LogP contribution in [0.15, 0.2) is 10.1 Å². The molecular weight excluding hydrogens is 288 g/mol. The van der Waals surface area contributed by atoms with Crippen molar-refractivity contribution < 1.29 is 14.7 Å². The van der Waals surface area contributed by atoms with Crippen molar-refractivity contribution in [1.82, 2.24) is 4.72 Å². The minimum Gasteiger partial charge on any atom is -0.481 e. The molecule has 0 radical (unpaired) electrons. The van der Waals surface area contributed by atoms with Crippen LogP contribution in [-0.2, 0) is 9.59 Å². The van der Waals surface area contributed by atoms with Crippen LogP contribution in [0, 0.1) is 5.41 Å². The molecule has 1 heterocycles. The average molecular weight is 301 g/mol. The summed E-state index contributed by atoms with van der Waals surface area (Å²) in [4.78, 5) is 19.6. The first-order valence-corrected chi connectivity index (χ1v) is 6.50. The topological polar surface area (TPSA) is 142 Å². The van der Waals surface area contributed by atoms with E-state index >= 15 is 0 Å². The zero-order valence-electron chi connectivity index (χ0n) is 9.11. The first kappa shape index (κ1) is 18.3. The Kier molecular flexibility index (Phi) is 10.9. The number of Topliss-reactive ketones (excluding diaryl/α,β-unsaturated/α-hetero) is 1. The lowest BCUT2D eigenvalue weighted by molar-refractivity contribution is -0.134. The van der Waals surface area contributed by atoms with Gasteiger partial charge in [0.2, 0.25) is 0 Å². The van der Waals surface area contributed by atoms with E-state index in [4.69, 9.17) is 26.9 Å². The highest BCUT2D eigenvalue weighted by molar-refractivity contribution is 8.78. The molecule has 0 amide bonds. The lowest BCUT2D eigenvalue weighted by Gasteiger charge is -1.92. The molecule has 10 heteroatoms. The van der Waals surface area contributed by atoms with Gasteiger partial charge in [0.05, 0.1) is 0 Å². The van der Waals surface area contributed by atoms with Gasteiger partial charge in [-0.15, -0.1) is 0 Å². The largest absolute Gasteiger partial charge is 0.481 e. The third kappa shape index (κ3) is 14.9. The molecule has 1 aliphatic heterocycles. The molecule has 7 nitrogen and oxygen atoms in total. The van der Waals surface area contributed by atoms with E-state index in [2.05, 4.69) is 16.2 Å². The Hall–Kier alpha value is -1.06. The maximum absolute atomic E-state index is 10.6. The molecule has 0 unspecified atom stereocenters. The predicted octanol–water partition coefficient (Wildman–Crippen LogP) is 0.812. The van der Waals surface area contributed by atoms with Gasteiger partial charge in [-0.05, 0) is 10.8 Å². The van der Waals surface area contributed by atoms with Crippen molar-refractivity contribution in [2.75, 3.05) is 0 Å². The molecule has 0 spiro atoms. The van der Waals surface area contributed by atoms with Gasteiger partial charge in [0, 0.05) is 24.8 Å². The normalized spacial score (nSPS) is 12.4. The highest BCUT2D eigenvalue weighted by atomic mass is 35.5. The van der Waals surface area contributed by atoms with Crippen molar-refractivity contribution in [2.24, 2.45) is 11.5 Å². The molecule has 0 saturated carbocycles. The summed E-state index contributed by atoms with van der Waals surface area (Å²) < 4.78 is 3.33. The number of hydrogen-bond acceptors (Lipinski definition) is 6. The number of carboxylic acids is 1. The van der Waals surface area contributed by atoms with E-state index in [0.29, 0.717) is 10.1 Å². The van der Waals surface area contributed by atoms with Crippen LogP contribution in [0.3, 0.4) is 0 Å². The van der Waals surface area contributed by atoms with E-state index in [0.717, 1.165) is 6.92 Å². The number of ketones is 1. The molecule has 1 aliphatic rings. The van der Waals surface area contributed by atoms with Gasteiger partial charge in [-0.3, -0.25) is 15.0 Å². The van der Waals surface area contributed by atoms with E-state index in [9.17, 15) is 4.79 Å². The number of carbonyl (C=O) groups is 2. The summed E-state index contributed by atoms with van der Waals surface area (Å²) in [5.74, 6) is -1.18. The fourth-order valence-electron chi connectivity index (χ4n) is 0.391. The molecular formula is C7H13ClN4O3S2. The molecule has 0 aromatic rings. The van der Waals surface area contributed by atoms with Crippen LogP contribution in [0.2, 0.25) is 0 Å². The van der Waals surface area contributed by atoms with Gasteiger partial charge < -0.3 is 21.3 Å². The van der Waals surface area contributed by atoms with Crippen molar-refractivity contribution in [3.63, 3.8) is 0 Å². The fourth-order valence-corrected chi connectivity index (χ4v) is 2.54. The van der Waals surface area contributed by atoms with Crippen LogP contribution in [0.25, 0.3) is 0 Å². The Morgan fingerprint density at radius 2 is 1.76 bits per heavy atom. The summed E-state index contributed by atoms with van der Waals surface area (Å²) in [6.07, 6.45) is 0. The van der Waals surface area contributed by atoms with Gasteiger partial charge in [0.25, 0.3) is 5.97 Å². The second kappa shape index (κ2) is 10.1. The van der Waals surface area contributed by atoms with Crippen LogP contribution in [-0.4, -0.2) is 22.8 Å². The maximum Gasteiger partial charge on any atom is 0.300 e. The highest BCUT2D eigenvalue weighted by Gasteiger charge is 2.16. The maximum atomic E-state index is 10.6. The van der Waals surface area contributed by atoms with Crippen LogP contribution >= 0.6 is 33.4 Å². The summed E-state index contributed by atoms with van der Waals surface area (Å²) >= 11 is 5.61. The summed E-state index contributed by atoms with van der Waals surface area (Å²) in [5, 5.41) is 13.5. The van der Waals surface area contributed by atoms with Crippen LogP contribution in [0.1, 0.15) is 13.8 Å². The predicted molar refractivity (Wildman–Crippen MR) is 71.3 cm³/mol. The number of rotatable bonds is 1. The molecule has 0 fully saturated rings. The van der Waals surface area contributed by atoms with Crippen molar-refractivity contribution in [3.8, 4) is 0 Å². The van der Waals surface area contributed by atoms with Gasteiger partial charge in [0.1, 0.15) is 10.1 Å². The number of halogens is 1. The molecule has 0 bridgehead atoms. The quantitative estimate of drug-likeness (QED) is 0.207. The van der Waals surface area contributed by atoms with E-state index in [1.54, 1.807) is 0 Å². The molecule has 0 atom stereocenters. The number of nitrogens with one attached hydrogen (secondary N) is 2. The van der Waals surface area contributed by atoms with Gasteiger partial charge in [-0.25, -0.2) is 0 Å². The van der Waals surface area contributed by atoms with E-state index in [1.807, 2.05) is 0 Å². The van der Waals surface area contributed by atoms with Crippen LogP contribution in [0.5, 0.6) is 0 Å². The summed E-state index contributed by atoms with van der Waals surface area (Å²) in [6, 6.07) is 0. The summed E-state index contributed by atoms with van der Waals surface area (Å²) in [7, 11) is 2.72. The zero-order valence-corrected chi connectivity index (χ0v) is 11.5. The molecule has 17 heavy (non-hydrogen) atoms. The number of aliphatic carboxylic acids is 1. The Morgan fingerprint density at radius 3 is 1.88 bits per heavy atom. The Labute approximate surface area is 111 Å². The minimum absolute atomic E-state index is 0.0162. The van der Waals surface area contributed by atoms with Crippen LogP contribution in [0.4, 0.5) is 0 Å². The number of carbonyl (C=O) groups excluding carboxylic acids is 1. The molecule has 0 aromatic carbocycles. The number of allylic oxidation sites excluding steroid dienone is 1. The van der Waals surface area contributed by atoms with Crippen molar-refractivity contribution >= 4 is 51.1 Å². The molecule has 0 aromatic heterocycles. The van der Waals surface area contributed by atoms with Gasteiger partial charge >= 0.3 is 0 Å². The van der Waals surface area contributed by atoms with Gasteiger partial charge in [0.15, 0.2) is 11.7 Å². The Balaban J connectivity index is 0. The first-order valence-electron chi connectivity index (χ1n) is 3.97. The minimum atomic E-state index is -0.833. The number of hydrogen-bond donors (Lipinski definition) is 5. The third-order valence-corrected chi connectivity index (χ3v) is 3.22. The van der Waals surface area contributed by atoms with Crippen molar-refractivity contribution in [3.05, 3.63) is 10.1 Å². The smallest absolute Gasteiger partial charge is 0.300 e. The zero-order chi connectivity index (χ0) is 14.0. The first-order chi connectivity index (χ1) is 7.68. The van der Waals surface area contributed by atoms with Gasteiger partial charge in [-0.1, -0.05) is 11.6 Å². The molecule has 7 N–H and O–H groups in total. The highest BCUT2D eigenvalue weighted by Crippen LogP contribution is 2.39. The molecule has 0 aliphatic carbocycles. The molecule has 98 valence electrons. The number of carboxylic acid groups (broad SMARTS) is 1. The molecule has 0 saturated heterocycles. The van der Waals surface area contributed by atoms with E-state index < -0.39 is 5.97 Å². The second-order valence-corrected chi connectivity index (χ2v) is 5.00. The summed E-state index contributed by atoms with van der Waals surface area (Å²) in [5.41, 5.74) is 9.46. The SMILES string of the molecule is CC(=O)C1=C(Cl)SSN1.CC(=O)O.N=C(N)N. The van der Waals surface area contributed by atoms with Crippen molar-refractivity contribution in [1.29, 1.82) is 5.41 Å². The number of nitrogens with two attached hydrogens (primary N) is 2. The lowest BCUT2D eigenvalue weighted by atomic mass is 10.4. The van der Waals surface area contributed by atoms with Crippen molar-refractivity contribution in [2.45, 2.75) is 13.8 Å². The standard InChI is InChI=1S/C4H4ClNOS2.C2H4O2.CH5N3/c1-2(7)3-4(5)8-9-6-3;1-2(3)4;2-1(3)4/h6H,1H3;1H3,(H,3,4);(H5,2,3,4). The Bertz CT molecular complexity index is 315.